The molecule has 14 heavy (non-hydrogen) atoms. The molecule has 0 atom stereocenters. The van der Waals surface area contributed by atoms with Gasteiger partial charge in [0.1, 0.15) is 11.6 Å². The number of nitrogens with one attached hydrogen (secondary N) is 1. The zero-order valence-electron chi connectivity index (χ0n) is 8.29. The summed E-state index contributed by atoms with van der Waals surface area (Å²) >= 11 is 0. The van der Waals surface area contributed by atoms with Gasteiger partial charge in [-0.3, -0.25) is 5.41 Å². The number of nitrogens with zero attached hydrogens (tertiary/aromatic N) is 1. The third-order valence-corrected chi connectivity index (χ3v) is 2.49. The van der Waals surface area contributed by atoms with E-state index in [0.717, 1.165) is 30.8 Å². The lowest BCUT2D eigenvalue weighted by molar-refractivity contribution is 0.415. The molecule has 1 aromatic carbocycles. The molecule has 3 heteroatoms. The van der Waals surface area contributed by atoms with Gasteiger partial charge < -0.3 is 9.64 Å². The Labute approximate surface area is 83.8 Å². The predicted octanol–water partition coefficient (Wildman–Crippen LogP) is 2.27. The fourth-order valence-electron chi connectivity index (χ4n) is 1.74. The van der Waals surface area contributed by atoms with Gasteiger partial charge in [0.25, 0.3) is 0 Å². The van der Waals surface area contributed by atoms with Crippen molar-refractivity contribution < 1.29 is 4.74 Å². The number of hydrogen-bond acceptors (Lipinski definition) is 2. The van der Waals surface area contributed by atoms with Gasteiger partial charge in [0.05, 0.1) is 7.11 Å². The molecule has 1 fully saturated rings. The summed E-state index contributed by atoms with van der Waals surface area (Å²) in [5, 5.41) is 7.76. The minimum Gasteiger partial charge on any atom is -0.497 e. The Balaban J connectivity index is 2.26. The lowest BCUT2D eigenvalue weighted by Crippen LogP contribution is -2.22. The summed E-state index contributed by atoms with van der Waals surface area (Å²) in [5.74, 6) is 1.56. The maximum absolute atomic E-state index is 7.76. The zero-order chi connectivity index (χ0) is 9.97. The second-order valence-corrected chi connectivity index (χ2v) is 3.40. The molecule has 1 N–H and O–H groups in total. The molecule has 0 radical (unpaired) electrons. The minimum absolute atomic E-state index is 0.707. The molecule has 0 saturated carbocycles. The Bertz CT molecular complexity index is 349. The Kier molecular flexibility index (Phi) is 2.39. The van der Waals surface area contributed by atoms with Crippen molar-refractivity contribution in [1.29, 1.82) is 5.41 Å². The smallest absolute Gasteiger partial charge is 0.120 e. The number of hydrogen-bond donors (Lipinski definition) is 1. The van der Waals surface area contributed by atoms with Crippen molar-refractivity contribution >= 4 is 11.5 Å². The average molecular weight is 190 g/mol. The summed E-state index contributed by atoms with van der Waals surface area (Å²) < 4.78 is 5.15. The number of rotatable bonds is 2. The fourth-order valence-corrected chi connectivity index (χ4v) is 1.74. The monoisotopic (exact) mass is 190 g/mol. The molecule has 0 unspecified atom stereocenters. The maximum Gasteiger partial charge on any atom is 0.120 e. The predicted molar refractivity (Wildman–Crippen MR) is 57.3 cm³/mol. The van der Waals surface area contributed by atoms with Crippen LogP contribution in [0.2, 0.25) is 0 Å². The van der Waals surface area contributed by atoms with Gasteiger partial charge in [-0.25, -0.2) is 0 Å². The first kappa shape index (κ1) is 9.06. The van der Waals surface area contributed by atoms with Gasteiger partial charge >= 0.3 is 0 Å². The van der Waals surface area contributed by atoms with Crippen LogP contribution in [0.3, 0.4) is 0 Å². The highest BCUT2D eigenvalue weighted by Gasteiger charge is 2.18. The van der Waals surface area contributed by atoms with Crippen molar-refractivity contribution in [3.05, 3.63) is 24.3 Å². The molecule has 1 aliphatic heterocycles. The highest BCUT2D eigenvalue weighted by atomic mass is 16.5. The maximum atomic E-state index is 7.76. The van der Waals surface area contributed by atoms with Crippen LogP contribution >= 0.6 is 0 Å². The standard InChI is InChI=1S/C11H14N2O/c1-14-10-5-2-4-9(8-10)13-7-3-6-11(13)12/h2,4-5,8,12H,3,6-7H2,1H3. The molecular formula is C11H14N2O. The summed E-state index contributed by atoms with van der Waals surface area (Å²) in [6.45, 7) is 0.950. The van der Waals surface area contributed by atoms with Crippen LogP contribution in [0.5, 0.6) is 5.75 Å². The van der Waals surface area contributed by atoms with Crippen LogP contribution in [0.25, 0.3) is 0 Å². The van der Waals surface area contributed by atoms with Crippen LogP contribution < -0.4 is 9.64 Å². The van der Waals surface area contributed by atoms with Crippen molar-refractivity contribution in [2.75, 3.05) is 18.6 Å². The van der Waals surface area contributed by atoms with Gasteiger partial charge in [-0.2, -0.15) is 0 Å². The molecular weight excluding hydrogens is 176 g/mol. The Hall–Kier alpha value is -1.51. The van der Waals surface area contributed by atoms with Crippen LogP contribution in [0, 0.1) is 5.41 Å². The van der Waals surface area contributed by atoms with Crippen LogP contribution in [0.15, 0.2) is 24.3 Å². The zero-order valence-corrected chi connectivity index (χ0v) is 8.29. The van der Waals surface area contributed by atoms with E-state index in [1.54, 1.807) is 7.11 Å². The SMILES string of the molecule is COc1cccc(N2CCCC2=N)c1. The molecule has 1 aromatic rings. The molecule has 1 saturated heterocycles. The highest BCUT2D eigenvalue weighted by Crippen LogP contribution is 2.24. The van der Waals surface area contributed by atoms with Gasteiger partial charge in [0.2, 0.25) is 0 Å². The average Bonchev–Trinajstić information content (AvgIpc) is 2.65. The summed E-state index contributed by atoms with van der Waals surface area (Å²) in [7, 11) is 1.66. The van der Waals surface area contributed by atoms with Crippen LogP contribution in [0.1, 0.15) is 12.8 Å². The first-order valence-corrected chi connectivity index (χ1v) is 4.80. The number of methoxy groups -OCH3 is 1. The van der Waals surface area contributed by atoms with E-state index in [1.807, 2.05) is 29.2 Å². The van der Waals surface area contributed by atoms with E-state index in [0.29, 0.717) is 5.84 Å². The molecule has 1 aliphatic rings. The van der Waals surface area contributed by atoms with Crippen molar-refractivity contribution in [1.82, 2.24) is 0 Å². The third-order valence-electron chi connectivity index (χ3n) is 2.49. The molecule has 3 nitrogen and oxygen atoms in total. The lowest BCUT2D eigenvalue weighted by atomic mass is 10.3. The second kappa shape index (κ2) is 3.70. The van der Waals surface area contributed by atoms with Crippen molar-refractivity contribution in [3.63, 3.8) is 0 Å². The quantitative estimate of drug-likeness (QED) is 0.776. The molecule has 0 spiro atoms. The van der Waals surface area contributed by atoms with Crippen molar-refractivity contribution in [2.45, 2.75) is 12.8 Å². The van der Waals surface area contributed by atoms with E-state index >= 15 is 0 Å². The third kappa shape index (κ3) is 1.58. The van der Waals surface area contributed by atoms with Gasteiger partial charge in [-0.1, -0.05) is 6.07 Å². The van der Waals surface area contributed by atoms with Crippen LogP contribution in [-0.4, -0.2) is 19.5 Å². The number of ether oxygens (including phenoxy) is 1. The Morgan fingerprint density at radius 3 is 2.93 bits per heavy atom. The molecule has 74 valence electrons. The fraction of sp³-hybridized carbons (Fsp3) is 0.364. The lowest BCUT2D eigenvalue weighted by Gasteiger charge is -2.18. The summed E-state index contributed by atoms with van der Waals surface area (Å²) in [6, 6.07) is 7.87. The number of benzene rings is 1. The van der Waals surface area contributed by atoms with Gasteiger partial charge in [-0.15, -0.1) is 0 Å². The Morgan fingerprint density at radius 1 is 1.43 bits per heavy atom. The normalized spacial score (nSPS) is 16.1. The molecule has 0 amide bonds. The first-order chi connectivity index (χ1) is 6.81. The van der Waals surface area contributed by atoms with Gasteiger partial charge in [0, 0.05) is 24.7 Å². The first-order valence-electron chi connectivity index (χ1n) is 4.80. The van der Waals surface area contributed by atoms with E-state index in [4.69, 9.17) is 10.1 Å². The molecule has 0 aromatic heterocycles. The van der Waals surface area contributed by atoms with Gasteiger partial charge in [0.15, 0.2) is 0 Å². The van der Waals surface area contributed by atoms with Crippen LogP contribution in [0.4, 0.5) is 5.69 Å². The molecule has 0 aliphatic carbocycles. The van der Waals surface area contributed by atoms with Gasteiger partial charge in [-0.05, 0) is 18.6 Å². The number of amidine groups is 1. The second-order valence-electron chi connectivity index (χ2n) is 3.40. The van der Waals surface area contributed by atoms with Crippen LogP contribution in [-0.2, 0) is 0 Å². The highest BCUT2D eigenvalue weighted by molar-refractivity contribution is 5.97. The van der Waals surface area contributed by atoms with Crippen molar-refractivity contribution in [2.24, 2.45) is 0 Å². The number of anilines is 1. The van der Waals surface area contributed by atoms with Crippen molar-refractivity contribution in [3.8, 4) is 5.75 Å². The van der Waals surface area contributed by atoms with E-state index in [9.17, 15) is 0 Å². The van der Waals surface area contributed by atoms with E-state index in [-0.39, 0.29) is 0 Å². The summed E-state index contributed by atoms with van der Waals surface area (Å²) in [4.78, 5) is 2.03. The largest absolute Gasteiger partial charge is 0.497 e. The van der Waals surface area contributed by atoms with E-state index in [2.05, 4.69) is 0 Å². The minimum atomic E-state index is 0.707. The molecule has 0 bridgehead atoms. The van der Waals surface area contributed by atoms with E-state index in [1.165, 1.54) is 0 Å². The Morgan fingerprint density at radius 2 is 2.29 bits per heavy atom. The summed E-state index contributed by atoms with van der Waals surface area (Å²) in [5.41, 5.74) is 1.06. The van der Waals surface area contributed by atoms with E-state index < -0.39 is 0 Å². The molecule has 1 heterocycles. The topological polar surface area (TPSA) is 36.3 Å². The molecule has 2 rings (SSSR count). The summed E-state index contributed by atoms with van der Waals surface area (Å²) in [6.07, 6.45) is 1.97.